The van der Waals surface area contributed by atoms with Crippen LogP contribution in [0.2, 0.25) is 0 Å². The van der Waals surface area contributed by atoms with Crippen LogP contribution in [0.1, 0.15) is 13.3 Å². The van der Waals surface area contributed by atoms with Gasteiger partial charge in [-0.25, -0.2) is 0 Å². The zero-order valence-corrected chi connectivity index (χ0v) is 12.0. The second-order valence-corrected chi connectivity index (χ2v) is 5.49. The number of ether oxygens (including phenoxy) is 1. The highest BCUT2D eigenvalue weighted by Gasteiger charge is 2.29. The van der Waals surface area contributed by atoms with E-state index < -0.39 is 17.1 Å². The average molecular weight is 307 g/mol. The summed E-state index contributed by atoms with van der Waals surface area (Å²) < 4.78 is 4.88. The van der Waals surface area contributed by atoms with E-state index in [1.807, 2.05) is 0 Å². The SMILES string of the molecule is CC(=O)Oc1ccc(NC(=O)CC2SC(N)=NC2=O)cc1. The average Bonchev–Trinajstić information content (AvgIpc) is 2.69. The number of carbonyl (C=O) groups is 3. The second kappa shape index (κ2) is 6.40. The number of esters is 1. The van der Waals surface area contributed by atoms with Crippen molar-refractivity contribution in [1.29, 1.82) is 0 Å². The number of thioether (sulfide) groups is 1. The first-order valence-corrected chi connectivity index (χ1v) is 6.95. The summed E-state index contributed by atoms with van der Waals surface area (Å²) in [6.45, 7) is 1.31. The molecule has 0 aliphatic carbocycles. The predicted molar refractivity (Wildman–Crippen MR) is 79.0 cm³/mol. The summed E-state index contributed by atoms with van der Waals surface area (Å²) in [7, 11) is 0. The van der Waals surface area contributed by atoms with Crippen molar-refractivity contribution in [1.82, 2.24) is 0 Å². The fourth-order valence-corrected chi connectivity index (χ4v) is 2.51. The van der Waals surface area contributed by atoms with E-state index in [2.05, 4.69) is 10.3 Å². The molecular formula is C13H13N3O4S. The molecule has 1 aliphatic heterocycles. The predicted octanol–water partition coefficient (Wildman–Crippen LogP) is 0.897. The van der Waals surface area contributed by atoms with Gasteiger partial charge in [0.1, 0.15) is 11.0 Å². The maximum absolute atomic E-state index is 11.8. The summed E-state index contributed by atoms with van der Waals surface area (Å²) in [6.07, 6.45) is -0.000598. The quantitative estimate of drug-likeness (QED) is 0.631. The number of carbonyl (C=O) groups excluding carboxylic acids is 3. The van der Waals surface area contributed by atoms with Gasteiger partial charge in [-0.05, 0) is 24.3 Å². The summed E-state index contributed by atoms with van der Waals surface area (Å²) in [5.41, 5.74) is 5.96. The van der Waals surface area contributed by atoms with Gasteiger partial charge in [-0.2, -0.15) is 4.99 Å². The maximum atomic E-state index is 11.8. The summed E-state index contributed by atoms with van der Waals surface area (Å²) in [6, 6.07) is 6.33. The largest absolute Gasteiger partial charge is 0.427 e. The number of hydrogen-bond donors (Lipinski definition) is 2. The fourth-order valence-electron chi connectivity index (χ4n) is 1.68. The molecule has 110 valence electrons. The van der Waals surface area contributed by atoms with E-state index in [1.165, 1.54) is 6.92 Å². The topological polar surface area (TPSA) is 111 Å². The minimum absolute atomic E-state index is 0.000598. The van der Waals surface area contributed by atoms with E-state index >= 15 is 0 Å². The number of hydrogen-bond acceptors (Lipinski definition) is 6. The smallest absolute Gasteiger partial charge is 0.308 e. The van der Waals surface area contributed by atoms with Gasteiger partial charge in [-0.15, -0.1) is 0 Å². The number of aliphatic imine (C=N–C) groups is 1. The van der Waals surface area contributed by atoms with E-state index in [9.17, 15) is 14.4 Å². The number of rotatable bonds is 4. The standard InChI is InChI=1S/C13H13N3O4S/c1-7(17)20-9-4-2-8(3-5-9)15-11(18)6-10-12(19)16-13(14)21-10/h2-5,10H,6H2,1H3,(H,15,18)(H2,14,16,19). The first kappa shape index (κ1) is 15.0. The van der Waals surface area contributed by atoms with E-state index in [1.54, 1.807) is 24.3 Å². The van der Waals surface area contributed by atoms with Gasteiger partial charge in [-0.3, -0.25) is 14.4 Å². The number of nitrogens with two attached hydrogens (primary N) is 1. The molecule has 0 radical (unpaired) electrons. The van der Waals surface area contributed by atoms with Crippen molar-refractivity contribution in [2.75, 3.05) is 5.32 Å². The molecule has 0 saturated carbocycles. The van der Waals surface area contributed by atoms with Crippen LogP contribution in [-0.2, 0) is 14.4 Å². The number of benzene rings is 1. The van der Waals surface area contributed by atoms with Crippen molar-refractivity contribution in [3.8, 4) is 5.75 Å². The normalized spacial score (nSPS) is 17.3. The van der Waals surface area contributed by atoms with Crippen LogP contribution in [0, 0.1) is 0 Å². The van der Waals surface area contributed by atoms with Gasteiger partial charge < -0.3 is 15.8 Å². The molecule has 1 aromatic rings. The Morgan fingerprint density at radius 3 is 2.57 bits per heavy atom. The Balaban J connectivity index is 1.88. The Hall–Kier alpha value is -2.35. The molecule has 2 amide bonds. The van der Waals surface area contributed by atoms with Crippen LogP contribution in [0.4, 0.5) is 5.69 Å². The molecule has 1 aromatic carbocycles. The molecule has 21 heavy (non-hydrogen) atoms. The monoisotopic (exact) mass is 307 g/mol. The molecule has 0 fully saturated rings. The number of amidine groups is 1. The maximum Gasteiger partial charge on any atom is 0.308 e. The van der Waals surface area contributed by atoms with Gasteiger partial charge in [0.25, 0.3) is 5.91 Å². The Bertz CT molecular complexity index is 612. The number of amides is 2. The molecule has 1 heterocycles. The van der Waals surface area contributed by atoms with Crippen LogP contribution in [0.3, 0.4) is 0 Å². The van der Waals surface area contributed by atoms with Crippen molar-refractivity contribution in [2.24, 2.45) is 10.7 Å². The lowest BCUT2D eigenvalue weighted by molar-refractivity contribution is -0.131. The van der Waals surface area contributed by atoms with Crippen LogP contribution >= 0.6 is 11.8 Å². The number of nitrogens with one attached hydrogen (secondary N) is 1. The first-order valence-electron chi connectivity index (χ1n) is 6.07. The van der Waals surface area contributed by atoms with Crippen LogP contribution in [-0.4, -0.2) is 28.2 Å². The highest BCUT2D eigenvalue weighted by atomic mass is 32.2. The van der Waals surface area contributed by atoms with Crippen molar-refractivity contribution < 1.29 is 19.1 Å². The highest BCUT2D eigenvalue weighted by Crippen LogP contribution is 2.23. The van der Waals surface area contributed by atoms with Crippen LogP contribution in [0.15, 0.2) is 29.3 Å². The molecule has 0 spiro atoms. The van der Waals surface area contributed by atoms with Gasteiger partial charge in [0.2, 0.25) is 5.91 Å². The van der Waals surface area contributed by atoms with Crippen molar-refractivity contribution in [2.45, 2.75) is 18.6 Å². The van der Waals surface area contributed by atoms with E-state index in [4.69, 9.17) is 10.5 Å². The molecule has 2 rings (SSSR count). The third kappa shape index (κ3) is 4.32. The fraction of sp³-hybridized carbons (Fsp3) is 0.231. The minimum Gasteiger partial charge on any atom is -0.427 e. The van der Waals surface area contributed by atoms with Crippen LogP contribution in [0.5, 0.6) is 5.75 Å². The number of anilines is 1. The lowest BCUT2D eigenvalue weighted by Crippen LogP contribution is -2.21. The summed E-state index contributed by atoms with van der Waals surface area (Å²) >= 11 is 1.08. The van der Waals surface area contributed by atoms with Gasteiger partial charge in [0.05, 0.1) is 0 Å². The zero-order valence-electron chi connectivity index (χ0n) is 11.2. The molecule has 3 N–H and O–H groups in total. The highest BCUT2D eigenvalue weighted by molar-refractivity contribution is 8.15. The minimum atomic E-state index is -0.565. The Morgan fingerprint density at radius 2 is 2.05 bits per heavy atom. The van der Waals surface area contributed by atoms with Crippen molar-refractivity contribution >= 4 is 40.4 Å². The molecule has 1 atom stereocenters. The molecule has 7 nitrogen and oxygen atoms in total. The van der Waals surface area contributed by atoms with Crippen LogP contribution in [0.25, 0.3) is 0 Å². The Morgan fingerprint density at radius 1 is 1.38 bits per heavy atom. The molecule has 1 unspecified atom stereocenters. The summed E-state index contributed by atoms with van der Waals surface area (Å²) in [5.74, 6) is -0.729. The lowest BCUT2D eigenvalue weighted by atomic mass is 10.2. The van der Waals surface area contributed by atoms with E-state index in [0.717, 1.165) is 11.8 Å². The van der Waals surface area contributed by atoms with Crippen molar-refractivity contribution in [3.63, 3.8) is 0 Å². The van der Waals surface area contributed by atoms with Crippen molar-refractivity contribution in [3.05, 3.63) is 24.3 Å². The third-order valence-corrected chi connectivity index (χ3v) is 3.51. The Kier molecular flexibility index (Phi) is 4.59. The van der Waals surface area contributed by atoms with Gasteiger partial charge in [0, 0.05) is 19.0 Å². The second-order valence-electron chi connectivity index (χ2n) is 4.27. The zero-order chi connectivity index (χ0) is 15.4. The molecule has 8 heteroatoms. The molecule has 0 saturated heterocycles. The molecule has 0 aromatic heterocycles. The summed E-state index contributed by atoms with van der Waals surface area (Å²) in [5, 5.41) is 2.27. The third-order valence-electron chi connectivity index (χ3n) is 2.53. The van der Waals surface area contributed by atoms with Gasteiger partial charge in [0.15, 0.2) is 5.17 Å². The van der Waals surface area contributed by atoms with E-state index in [-0.39, 0.29) is 17.5 Å². The van der Waals surface area contributed by atoms with E-state index in [0.29, 0.717) is 11.4 Å². The molecular weight excluding hydrogens is 294 g/mol. The molecule has 0 bridgehead atoms. The summed E-state index contributed by atoms with van der Waals surface area (Å²) in [4.78, 5) is 37.6. The Labute approximate surface area is 124 Å². The first-order chi connectivity index (χ1) is 9.94. The van der Waals surface area contributed by atoms with Gasteiger partial charge >= 0.3 is 5.97 Å². The van der Waals surface area contributed by atoms with Gasteiger partial charge in [-0.1, -0.05) is 11.8 Å². The number of nitrogens with zero attached hydrogens (tertiary/aromatic N) is 1. The lowest BCUT2D eigenvalue weighted by Gasteiger charge is -2.08. The van der Waals surface area contributed by atoms with Crippen LogP contribution < -0.4 is 15.8 Å². The molecule has 1 aliphatic rings.